The quantitative estimate of drug-likeness (QED) is 0.906. The van der Waals surface area contributed by atoms with Gasteiger partial charge in [0.15, 0.2) is 0 Å². The van der Waals surface area contributed by atoms with Crippen LogP contribution in [0, 0.1) is 5.92 Å². The number of amides is 1. The van der Waals surface area contributed by atoms with Crippen LogP contribution >= 0.6 is 15.9 Å². The number of rotatable bonds is 2. The Hall–Kier alpha value is -0.870. The highest BCUT2D eigenvalue weighted by Crippen LogP contribution is 2.36. The minimum atomic E-state index is -0.508. The van der Waals surface area contributed by atoms with E-state index in [1.165, 1.54) is 0 Å². The number of benzene rings is 1. The van der Waals surface area contributed by atoms with Crippen molar-refractivity contribution in [2.45, 2.75) is 19.9 Å². The van der Waals surface area contributed by atoms with Crippen molar-refractivity contribution >= 4 is 27.5 Å². The van der Waals surface area contributed by atoms with Gasteiger partial charge >= 0.3 is 0 Å². The fourth-order valence-corrected chi connectivity index (χ4v) is 2.37. The number of carbonyl (C=O) groups excluding carboxylic acids is 1. The maximum atomic E-state index is 12.0. The molecular weight excluding hydrogens is 268 g/mol. The first kappa shape index (κ1) is 11.6. The Balaban J connectivity index is 2.42. The highest BCUT2D eigenvalue weighted by Gasteiger charge is 2.34. The third-order valence-electron chi connectivity index (χ3n) is 2.70. The van der Waals surface area contributed by atoms with E-state index >= 15 is 0 Å². The first-order valence-corrected chi connectivity index (χ1v) is 6.16. The summed E-state index contributed by atoms with van der Waals surface area (Å²) >= 11 is 3.40. The number of carbonyl (C=O) groups is 1. The van der Waals surface area contributed by atoms with Gasteiger partial charge in [-0.3, -0.25) is 4.79 Å². The maximum Gasteiger partial charge on any atom is 0.248 e. The number of nitrogens with two attached hydrogens (primary N) is 1. The summed E-state index contributed by atoms with van der Waals surface area (Å²) in [6.07, 6.45) is 0. The van der Waals surface area contributed by atoms with E-state index in [0.29, 0.717) is 5.92 Å². The fourth-order valence-electron chi connectivity index (χ4n) is 1.99. The van der Waals surface area contributed by atoms with Crippen molar-refractivity contribution in [3.8, 4) is 0 Å². The van der Waals surface area contributed by atoms with Crippen molar-refractivity contribution in [2.24, 2.45) is 11.7 Å². The average molecular weight is 283 g/mol. The molecule has 0 saturated heterocycles. The van der Waals surface area contributed by atoms with Gasteiger partial charge in [-0.15, -0.1) is 0 Å². The standard InChI is InChI=1S/C12H15BrN2O/c1-7(2)6-15-10-4-3-8(13)5-9(10)11(14)12(15)16/h3-5,7,11H,6,14H2,1-2H3/t11-/m1/s1. The van der Waals surface area contributed by atoms with Gasteiger partial charge in [0.2, 0.25) is 5.91 Å². The summed E-state index contributed by atoms with van der Waals surface area (Å²) in [5, 5.41) is 0. The van der Waals surface area contributed by atoms with Gasteiger partial charge in [-0.1, -0.05) is 29.8 Å². The largest absolute Gasteiger partial charge is 0.316 e. The molecule has 0 fully saturated rings. The van der Waals surface area contributed by atoms with E-state index in [4.69, 9.17) is 5.73 Å². The van der Waals surface area contributed by atoms with Crippen LogP contribution in [0.1, 0.15) is 25.5 Å². The third kappa shape index (κ3) is 1.87. The minimum absolute atomic E-state index is 0.00167. The van der Waals surface area contributed by atoms with E-state index in [1.807, 2.05) is 18.2 Å². The second-order valence-corrected chi connectivity index (χ2v) is 5.44. The van der Waals surface area contributed by atoms with E-state index in [2.05, 4.69) is 29.8 Å². The molecule has 1 aliphatic heterocycles. The van der Waals surface area contributed by atoms with E-state index in [1.54, 1.807) is 4.90 Å². The van der Waals surface area contributed by atoms with Crippen LogP contribution in [-0.2, 0) is 4.79 Å². The molecule has 1 heterocycles. The zero-order valence-electron chi connectivity index (χ0n) is 9.40. The number of nitrogens with zero attached hydrogens (tertiary/aromatic N) is 1. The molecule has 0 aromatic heterocycles. The summed E-state index contributed by atoms with van der Waals surface area (Å²) in [7, 11) is 0. The Morgan fingerprint density at radius 3 is 2.81 bits per heavy atom. The van der Waals surface area contributed by atoms with Gasteiger partial charge < -0.3 is 10.6 Å². The van der Waals surface area contributed by atoms with Crippen LogP contribution in [0.25, 0.3) is 0 Å². The monoisotopic (exact) mass is 282 g/mol. The summed E-state index contributed by atoms with van der Waals surface area (Å²) in [4.78, 5) is 13.8. The molecule has 1 aromatic carbocycles. The topological polar surface area (TPSA) is 46.3 Å². The Kier molecular flexibility index (Phi) is 3.04. The zero-order valence-corrected chi connectivity index (χ0v) is 11.0. The number of fused-ring (bicyclic) bond motifs is 1. The lowest BCUT2D eigenvalue weighted by Gasteiger charge is -2.19. The van der Waals surface area contributed by atoms with Crippen molar-refractivity contribution in [1.29, 1.82) is 0 Å². The molecule has 4 heteroatoms. The third-order valence-corrected chi connectivity index (χ3v) is 3.19. The normalized spacial score (nSPS) is 19.4. The zero-order chi connectivity index (χ0) is 11.9. The van der Waals surface area contributed by atoms with Crippen molar-refractivity contribution in [3.63, 3.8) is 0 Å². The molecule has 1 aromatic rings. The van der Waals surface area contributed by atoms with Crippen LogP contribution in [0.4, 0.5) is 5.69 Å². The Morgan fingerprint density at radius 1 is 1.50 bits per heavy atom. The molecular formula is C12H15BrN2O. The second kappa shape index (κ2) is 4.18. The molecule has 0 unspecified atom stereocenters. The predicted octanol–water partition coefficient (Wildman–Crippen LogP) is 2.45. The number of anilines is 1. The lowest BCUT2D eigenvalue weighted by atomic mass is 10.1. The van der Waals surface area contributed by atoms with Gasteiger partial charge in [-0.25, -0.2) is 0 Å². The molecule has 2 N–H and O–H groups in total. The molecule has 16 heavy (non-hydrogen) atoms. The van der Waals surface area contributed by atoms with Crippen LogP contribution in [0.15, 0.2) is 22.7 Å². The van der Waals surface area contributed by atoms with Crippen molar-refractivity contribution in [2.75, 3.05) is 11.4 Å². The van der Waals surface area contributed by atoms with Gasteiger partial charge in [0.05, 0.1) is 0 Å². The Labute approximate surface area is 104 Å². The lowest BCUT2D eigenvalue weighted by molar-refractivity contribution is -0.119. The summed E-state index contributed by atoms with van der Waals surface area (Å²) in [5.74, 6) is 0.438. The summed E-state index contributed by atoms with van der Waals surface area (Å²) in [6.45, 7) is 4.91. The Morgan fingerprint density at radius 2 is 2.19 bits per heavy atom. The molecule has 1 aliphatic rings. The van der Waals surface area contributed by atoms with E-state index in [9.17, 15) is 4.79 Å². The highest BCUT2D eigenvalue weighted by molar-refractivity contribution is 9.10. The van der Waals surface area contributed by atoms with Crippen LogP contribution < -0.4 is 10.6 Å². The first-order valence-electron chi connectivity index (χ1n) is 5.37. The van der Waals surface area contributed by atoms with E-state index in [0.717, 1.165) is 22.3 Å². The number of halogens is 1. The molecule has 0 aliphatic carbocycles. The SMILES string of the molecule is CC(C)CN1C(=O)[C@H](N)c2cc(Br)ccc21. The highest BCUT2D eigenvalue weighted by atomic mass is 79.9. The predicted molar refractivity (Wildman–Crippen MR) is 68.3 cm³/mol. The molecule has 1 atom stereocenters. The summed E-state index contributed by atoms with van der Waals surface area (Å²) < 4.78 is 0.959. The van der Waals surface area contributed by atoms with Crippen LogP contribution in [-0.4, -0.2) is 12.5 Å². The van der Waals surface area contributed by atoms with Crippen molar-refractivity contribution in [3.05, 3.63) is 28.2 Å². The van der Waals surface area contributed by atoms with E-state index in [-0.39, 0.29) is 5.91 Å². The molecule has 0 saturated carbocycles. The molecule has 0 spiro atoms. The summed E-state index contributed by atoms with van der Waals surface area (Å²) in [6, 6.07) is 5.31. The van der Waals surface area contributed by atoms with Gasteiger partial charge in [0.25, 0.3) is 0 Å². The molecule has 86 valence electrons. The van der Waals surface area contributed by atoms with Gasteiger partial charge in [0, 0.05) is 22.3 Å². The number of hydrogen-bond acceptors (Lipinski definition) is 2. The minimum Gasteiger partial charge on any atom is -0.316 e. The van der Waals surface area contributed by atoms with Crippen LogP contribution in [0.5, 0.6) is 0 Å². The van der Waals surface area contributed by atoms with Gasteiger partial charge in [0.1, 0.15) is 6.04 Å². The lowest BCUT2D eigenvalue weighted by Crippen LogP contribution is -2.34. The number of hydrogen-bond donors (Lipinski definition) is 1. The molecule has 1 amide bonds. The van der Waals surface area contributed by atoms with Crippen molar-refractivity contribution in [1.82, 2.24) is 0 Å². The molecule has 0 radical (unpaired) electrons. The fraction of sp³-hybridized carbons (Fsp3) is 0.417. The van der Waals surface area contributed by atoms with Crippen molar-refractivity contribution < 1.29 is 4.79 Å². The van der Waals surface area contributed by atoms with Crippen LogP contribution in [0.3, 0.4) is 0 Å². The van der Waals surface area contributed by atoms with Gasteiger partial charge in [-0.2, -0.15) is 0 Å². The summed E-state index contributed by atoms with van der Waals surface area (Å²) in [5.41, 5.74) is 7.78. The van der Waals surface area contributed by atoms with E-state index < -0.39 is 6.04 Å². The van der Waals surface area contributed by atoms with Crippen LogP contribution in [0.2, 0.25) is 0 Å². The average Bonchev–Trinajstić information content (AvgIpc) is 2.43. The Bertz CT molecular complexity index is 431. The molecule has 3 nitrogen and oxygen atoms in total. The maximum absolute atomic E-state index is 12.0. The smallest absolute Gasteiger partial charge is 0.248 e. The molecule has 0 bridgehead atoms. The van der Waals surface area contributed by atoms with Gasteiger partial charge in [-0.05, 0) is 24.1 Å². The second-order valence-electron chi connectivity index (χ2n) is 4.52. The molecule has 2 rings (SSSR count). The first-order chi connectivity index (χ1) is 7.50.